The fraction of sp³-hybridized carbons (Fsp3) is 0.550. The third-order valence-electron chi connectivity index (χ3n) is 5.79. The largest absolute Gasteiger partial charge is 0.493 e. The average molecular weight is 403 g/mol. The summed E-state index contributed by atoms with van der Waals surface area (Å²) in [4.78, 5) is 18.0. The fourth-order valence-corrected chi connectivity index (χ4v) is 4.85. The first-order valence-electron chi connectivity index (χ1n) is 9.66. The number of benzene rings is 1. The number of aryl methyl sites for hydroxylation is 1. The lowest BCUT2D eigenvalue weighted by atomic mass is 9.95. The van der Waals surface area contributed by atoms with Crippen LogP contribution in [0, 0.1) is 6.92 Å². The monoisotopic (exact) mass is 402 g/mol. The molecule has 1 amide bonds. The van der Waals surface area contributed by atoms with Crippen molar-refractivity contribution in [1.29, 1.82) is 0 Å². The Morgan fingerprint density at radius 2 is 1.93 bits per heavy atom. The zero-order valence-electron chi connectivity index (χ0n) is 16.6. The molecule has 0 radical (unpaired) electrons. The number of likely N-dealkylation sites (tertiary alicyclic amines) is 1. The second kappa shape index (κ2) is 8.05. The number of aromatic nitrogens is 2. The van der Waals surface area contributed by atoms with Crippen molar-refractivity contribution >= 4 is 17.4 Å². The predicted molar refractivity (Wildman–Crippen MR) is 107 cm³/mol. The van der Waals surface area contributed by atoms with Crippen molar-refractivity contribution in [2.45, 2.75) is 38.8 Å². The predicted octanol–water partition coefficient (Wildman–Crippen LogP) is 2.53. The second-order valence-corrected chi connectivity index (χ2v) is 8.19. The summed E-state index contributed by atoms with van der Waals surface area (Å²) in [5.41, 5.74) is 3.34. The second-order valence-electron chi connectivity index (χ2n) is 7.43. The van der Waals surface area contributed by atoms with E-state index in [4.69, 9.17) is 9.47 Å². The maximum atomic E-state index is 12.9. The van der Waals surface area contributed by atoms with E-state index < -0.39 is 0 Å². The highest BCUT2D eigenvalue weighted by molar-refractivity contribution is 7.07. The van der Waals surface area contributed by atoms with Gasteiger partial charge in [-0.05, 0) is 61.0 Å². The molecule has 1 aromatic heterocycles. The van der Waals surface area contributed by atoms with Crippen molar-refractivity contribution in [1.82, 2.24) is 19.4 Å². The SMILES string of the molecule is COc1cc2c(cc1OC)CN(C1CCCN(C(=O)c3snnc3C)C1)CC2. The van der Waals surface area contributed by atoms with Crippen LogP contribution in [0.5, 0.6) is 11.5 Å². The first kappa shape index (κ1) is 19.1. The Hall–Kier alpha value is -2.19. The lowest BCUT2D eigenvalue weighted by Gasteiger charge is -2.41. The van der Waals surface area contributed by atoms with Gasteiger partial charge in [0.2, 0.25) is 0 Å². The van der Waals surface area contributed by atoms with Gasteiger partial charge < -0.3 is 14.4 Å². The highest BCUT2D eigenvalue weighted by Crippen LogP contribution is 2.34. The number of hydrogen-bond donors (Lipinski definition) is 0. The number of hydrogen-bond acceptors (Lipinski definition) is 7. The van der Waals surface area contributed by atoms with E-state index in [1.807, 2.05) is 11.8 Å². The van der Waals surface area contributed by atoms with Crippen molar-refractivity contribution < 1.29 is 14.3 Å². The first-order valence-corrected chi connectivity index (χ1v) is 10.4. The number of rotatable bonds is 4. The van der Waals surface area contributed by atoms with E-state index in [9.17, 15) is 4.79 Å². The van der Waals surface area contributed by atoms with Gasteiger partial charge in [0, 0.05) is 32.2 Å². The Balaban J connectivity index is 1.48. The maximum absolute atomic E-state index is 12.9. The van der Waals surface area contributed by atoms with E-state index in [0.29, 0.717) is 10.9 Å². The summed E-state index contributed by atoms with van der Waals surface area (Å²) in [5, 5.41) is 3.99. The van der Waals surface area contributed by atoms with Crippen LogP contribution < -0.4 is 9.47 Å². The molecular weight excluding hydrogens is 376 g/mol. The van der Waals surface area contributed by atoms with Gasteiger partial charge in [-0.15, -0.1) is 5.10 Å². The molecule has 0 bridgehead atoms. The third kappa shape index (κ3) is 3.58. The molecular formula is C20H26N4O3S. The van der Waals surface area contributed by atoms with Crippen molar-refractivity contribution in [3.8, 4) is 11.5 Å². The normalized spacial score (nSPS) is 20.0. The quantitative estimate of drug-likeness (QED) is 0.783. The van der Waals surface area contributed by atoms with Crippen molar-refractivity contribution in [3.63, 3.8) is 0 Å². The number of fused-ring (bicyclic) bond motifs is 1. The summed E-state index contributed by atoms with van der Waals surface area (Å²) in [7, 11) is 3.35. The van der Waals surface area contributed by atoms with Gasteiger partial charge in [0.25, 0.3) is 5.91 Å². The third-order valence-corrected chi connectivity index (χ3v) is 6.61. The minimum atomic E-state index is 0.0704. The molecule has 0 saturated carbocycles. The summed E-state index contributed by atoms with van der Waals surface area (Å²) < 4.78 is 14.8. The molecule has 1 atom stereocenters. The zero-order valence-corrected chi connectivity index (χ0v) is 17.4. The average Bonchev–Trinajstić information content (AvgIpc) is 3.17. The van der Waals surface area contributed by atoms with Gasteiger partial charge in [-0.1, -0.05) is 4.49 Å². The number of methoxy groups -OCH3 is 2. The summed E-state index contributed by atoms with van der Waals surface area (Å²) in [6.07, 6.45) is 3.13. The number of carbonyl (C=O) groups excluding carboxylic acids is 1. The molecule has 1 unspecified atom stereocenters. The van der Waals surface area contributed by atoms with Crippen LogP contribution in [-0.2, 0) is 13.0 Å². The number of carbonyl (C=O) groups is 1. The van der Waals surface area contributed by atoms with Crippen molar-refractivity contribution in [3.05, 3.63) is 33.8 Å². The van der Waals surface area contributed by atoms with Gasteiger partial charge in [-0.3, -0.25) is 9.69 Å². The van der Waals surface area contributed by atoms with Gasteiger partial charge in [0.15, 0.2) is 11.5 Å². The van der Waals surface area contributed by atoms with Gasteiger partial charge in [0.1, 0.15) is 4.88 Å². The molecule has 0 N–H and O–H groups in total. The molecule has 2 aliphatic heterocycles. The first-order chi connectivity index (χ1) is 13.6. The smallest absolute Gasteiger partial charge is 0.267 e. The summed E-state index contributed by atoms with van der Waals surface area (Å²) in [6.45, 7) is 5.29. The van der Waals surface area contributed by atoms with E-state index >= 15 is 0 Å². The molecule has 8 heteroatoms. The van der Waals surface area contributed by atoms with Crippen LogP contribution in [0.4, 0.5) is 0 Å². The van der Waals surface area contributed by atoms with E-state index in [1.54, 1.807) is 14.2 Å². The Kier molecular flexibility index (Phi) is 5.50. The lowest BCUT2D eigenvalue weighted by molar-refractivity contribution is 0.0552. The minimum absolute atomic E-state index is 0.0704. The maximum Gasteiger partial charge on any atom is 0.267 e. The van der Waals surface area contributed by atoms with Crippen LogP contribution in [-0.4, -0.2) is 65.2 Å². The number of nitrogens with zero attached hydrogens (tertiary/aromatic N) is 4. The lowest BCUT2D eigenvalue weighted by Crippen LogP contribution is -2.51. The van der Waals surface area contributed by atoms with Gasteiger partial charge in [-0.25, -0.2) is 0 Å². The van der Waals surface area contributed by atoms with Crippen LogP contribution in [0.25, 0.3) is 0 Å². The molecule has 7 nitrogen and oxygen atoms in total. The van der Waals surface area contributed by atoms with E-state index in [0.717, 1.165) is 62.6 Å². The van der Waals surface area contributed by atoms with Crippen LogP contribution in [0.15, 0.2) is 12.1 Å². The Labute approximate surface area is 169 Å². The molecule has 0 aliphatic carbocycles. The van der Waals surface area contributed by atoms with Crippen LogP contribution in [0.3, 0.4) is 0 Å². The fourth-order valence-electron chi connectivity index (χ4n) is 4.23. The number of amides is 1. The molecule has 1 aromatic carbocycles. The summed E-state index contributed by atoms with van der Waals surface area (Å²) in [5.74, 6) is 1.63. The van der Waals surface area contributed by atoms with Crippen LogP contribution in [0.1, 0.15) is 39.3 Å². The topological polar surface area (TPSA) is 67.8 Å². The zero-order chi connectivity index (χ0) is 19.7. The Morgan fingerprint density at radius 1 is 1.18 bits per heavy atom. The highest BCUT2D eigenvalue weighted by Gasteiger charge is 2.32. The van der Waals surface area contributed by atoms with Gasteiger partial charge >= 0.3 is 0 Å². The standard InChI is InChI=1S/C20H26N4O3S/c1-13-19(28-22-21-13)20(25)24-7-4-5-16(12-24)23-8-6-14-9-17(26-2)18(27-3)10-15(14)11-23/h9-10,16H,4-8,11-12H2,1-3H3. The summed E-state index contributed by atoms with van der Waals surface area (Å²) >= 11 is 1.19. The molecule has 1 fully saturated rings. The minimum Gasteiger partial charge on any atom is -0.493 e. The van der Waals surface area contributed by atoms with Crippen LogP contribution >= 0.6 is 11.5 Å². The Morgan fingerprint density at radius 3 is 2.61 bits per heavy atom. The molecule has 2 aromatic rings. The molecule has 0 spiro atoms. The van der Waals surface area contributed by atoms with Crippen molar-refractivity contribution in [2.24, 2.45) is 0 Å². The molecule has 1 saturated heterocycles. The van der Waals surface area contributed by atoms with Gasteiger partial charge in [0.05, 0.1) is 19.9 Å². The molecule has 150 valence electrons. The Bertz CT molecular complexity index is 869. The van der Waals surface area contributed by atoms with Crippen LogP contribution in [0.2, 0.25) is 0 Å². The molecule has 4 rings (SSSR count). The molecule has 2 aliphatic rings. The van der Waals surface area contributed by atoms with Crippen molar-refractivity contribution in [2.75, 3.05) is 33.9 Å². The number of ether oxygens (including phenoxy) is 2. The van der Waals surface area contributed by atoms with E-state index in [2.05, 4.69) is 26.6 Å². The molecule has 28 heavy (non-hydrogen) atoms. The van der Waals surface area contributed by atoms with E-state index in [1.165, 1.54) is 22.7 Å². The van der Waals surface area contributed by atoms with Gasteiger partial charge in [-0.2, -0.15) is 0 Å². The highest BCUT2D eigenvalue weighted by atomic mass is 32.1. The summed E-state index contributed by atoms with van der Waals surface area (Å²) in [6, 6.07) is 4.57. The number of piperidine rings is 1. The molecule has 3 heterocycles. The van der Waals surface area contributed by atoms with E-state index in [-0.39, 0.29) is 5.91 Å².